The summed E-state index contributed by atoms with van der Waals surface area (Å²) in [7, 11) is 0. The van der Waals surface area contributed by atoms with Crippen LogP contribution in [0.1, 0.15) is 25.3 Å². The lowest BCUT2D eigenvalue weighted by Crippen LogP contribution is -2.12. The van der Waals surface area contributed by atoms with Crippen molar-refractivity contribution in [2.24, 2.45) is 11.7 Å². The lowest BCUT2D eigenvalue weighted by Gasteiger charge is -2.06. The molecular weight excluding hydrogens is 226 g/mol. The SMILES string of the molecule is CC1COc2ccc(C#CCCCN)cc2OC1. The number of rotatable bonds is 2. The maximum Gasteiger partial charge on any atom is 0.162 e. The van der Waals surface area contributed by atoms with Crippen molar-refractivity contribution >= 4 is 0 Å². The molecule has 0 fully saturated rings. The van der Waals surface area contributed by atoms with Gasteiger partial charge in [-0.1, -0.05) is 18.8 Å². The molecule has 3 heteroatoms. The van der Waals surface area contributed by atoms with E-state index in [0.29, 0.717) is 25.7 Å². The molecule has 1 aromatic rings. The summed E-state index contributed by atoms with van der Waals surface area (Å²) in [5, 5.41) is 0. The van der Waals surface area contributed by atoms with Gasteiger partial charge in [0.1, 0.15) is 0 Å². The van der Waals surface area contributed by atoms with Gasteiger partial charge in [0.2, 0.25) is 0 Å². The Morgan fingerprint density at radius 1 is 1.28 bits per heavy atom. The number of nitrogens with two attached hydrogens (primary N) is 1. The van der Waals surface area contributed by atoms with Gasteiger partial charge in [0.15, 0.2) is 11.5 Å². The fourth-order valence-electron chi connectivity index (χ4n) is 1.69. The van der Waals surface area contributed by atoms with Gasteiger partial charge in [-0.3, -0.25) is 0 Å². The van der Waals surface area contributed by atoms with Gasteiger partial charge >= 0.3 is 0 Å². The van der Waals surface area contributed by atoms with Gasteiger partial charge in [0.05, 0.1) is 13.2 Å². The van der Waals surface area contributed by atoms with Gasteiger partial charge < -0.3 is 15.2 Å². The molecule has 1 aromatic carbocycles. The third-order valence-electron chi connectivity index (χ3n) is 2.73. The van der Waals surface area contributed by atoms with Crippen molar-refractivity contribution in [2.45, 2.75) is 19.8 Å². The lowest BCUT2D eigenvalue weighted by molar-refractivity contribution is 0.228. The van der Waals surface area contributed by atoms with Gasteiger partial charge in [0, 0.05) is 17.9 Å². The van der Waals surface area contributed by atoms with Crippen molar-refractivity contribution in [3.63, 3.8) is 0 Å². The van der Waals surface area contributed by atoms with E-state index in [9.17, 15) is 0 Å². The monoisotopic (exact) mass is 245 g/mol. The zero-order chi connectivity index (χ0) is 12.8. The summed E-state index contributed by atoms with van der Waals surface area (Å²) in [6.07, 6.45) is 1.77. The Balaban J connectivity index is 2.09. The third kappa shape index (κ3) is 3.41. The predicted molar refractivity (Wildman–Crippen MR) is 71.8 cm³/mol. The summed E-state index contributed by atoms with van der Waals surface area (Å²) in [5.74, 6) is 8.25. The second-order valence-corrected chi connectivity index (χ2v) is 4.58. The van der Waals surface area contributed by atoms with Crippen molar-refractivity contribution < 1.29 is 9.47 Å². The van der Waals surface area contributed by atoms with Crippen LogP contribution in [0.5, 0.6) is 11.5 Å². The van der Waals surface area contributed by atoms with Crippen LogP contribution in [0.25, 0.3) is 0 Å². The molecule has 3 nitrogen and oxygen atoms in total. The highest BCUT2D eigenvalue weighted by molar-refractivity contribution is 5.48. The number of unbranched alkanes of at least 4 members (excludes halogenated alkanes) is 1. The first-order valence-corrected chi connectivity index (χ1v) is 6.38. The highest BCUT2D eigenvalue weighted by Crippen LogP contribution is 2.31. The zero-order valence-electron chi connectivity index (χ0n) is 10.7. The maximum atomic E-state index is 5.72. The van der Waals surface area contributed by atoms with Crippen LogP contribution in [0, 0.1) is 17.8 Å². The van der Waals surface area contributed by atoms with Gasteiger partial charge in [-0.25, -0.2) is 0 Å². The van der Waals surface area contributed by atoms with Gasteiger partial charge in [-0.2, -0.15) is 0 Å². The van der Waals surface area contributed by atoms with E-state index in [1.54, 1.807) is 0 Å². The molecule has 1 atom stereocenters. The van der Waals surface area contributed by atoms with Crippen LogP contribution in [0.4, 0.5) is 0 Å². The molecule has 0 radical (unpaired) electrons. The first-order valence-electron chi connectivity index (χ1n) is 6.38. The summed E-state index contributed by atoms with van der Waals surface area (Å²) >= 11 is 0. The molecule has 2 N–H and O–H groups in total. The van der Waals surface area contributed by atoms with E-state index in [1.807, 2.05) is 18.2 Å². The highest BCUT2D eigenvalue weighted by Gasteiger charge is 2.14. The fraction of sp³-hybridized carbons (Fsp3) is 0.467. The Labute approximate surface area is 108 Å². The fourth-order valence-corrected chi connectivity index (χ4v) is 1.69. The number of benzene rings is 1. The largest absolute Gasteiger partial charge is 0.489 e. The van der Waals surface area contributed by atoms with E-state index in [2.05, 4.69) is 18.8 Å². The zero-order valence-corrected chi connectivity index (χ0v) is 10.7. The number of hydrogen-bond donors (Lipinski definition) is 1. The van der Waals surface area contributed by atoms with E-state index in [0.717, 1.165) is 29.9 Å². The van der Waals surface area contributed by atoms with Crippen LogP contribution >= 0.6 is 0 Å². The van der Waals surface area contributed by atoms with Crippen LogP contribution in [0.2, 0.25) is 0 Å². The van der Waals surface area contributed by atoms with Crippen LogP contribution in [0.15, 0.2) is 18.2 Å². The van der Waals surface area contributed by atoms with E-state index in [1.165, 1.54) is 0 Å². The van der Waals surface area contributed by atoms with Crippen LogP contribution in [-0.4, -0.2) is 19.8 Å². The molecule has 0 saturated heterocycles. The Kier molecular flexibility index (Phi) is 4.49. The minimum atomic E-state index is 0.413. The molecule has 0 saturated carbocycles. The predicted octanol–water partition coefficient (Wildman–Crippen LogP) is 2.18. The molecule has 0 aromatic heterocycles. The van der Waals surface area contributed by atoms with Crippen LogP contribution in [0.3, 0.4) is 0 Å². The highest BCUT2D eigenvalue weighted by atomic mass is 16.5. The van der Waals surface area contributed by atoms with Crippen molar-refractivity contribution in [3.8, 4) is 23.3 Å². The van der Waals surface area contributed by atoms with Crippen molar-refractivity contribution in [1.29, 1.82) is 0 Å². The van der Waals surface area contributed by atoms with E-state index >= 15 is 0 Å². The molecule has 1 aliphatic rings. The molecular formula is C15H19NO2. The Hall–Kier alpha value is -1.66. The molecule has 0 bridgehead atoms. The van der Waals surface area contributed by atoms with E-state index in [4.69, 9.17) is 15.2 Å². The van der Waals surface area contributed by atoms with Gasteiger partial charge in [0.25, 0.3) is 0 Å². The Morgan fingerprint density at radius 3 is 2.83 bits per heavy atom. The first kappa shape index (κ1) is 12.8. The maximum absolute atomic E-state index is 5.72. The average Bonchev–Trinajstić information content (AvgIpc) is 2.57. The second-order valence-electron chi connectivity index (χ2n) is 4.58. The van der Waals surface area contributed by atoms with Crippen molar-refractivity contribution in [3.05, 3.63) is 23.8 Å². The quantitative estimate of drug-likeness (QED) is 0.641. The standard InChI is InChI=1S/C15H19NO2/c1-12-10-17-14-7-6-13(5-3-2-4-8-16)9-15(14)18-11-12/h6-7,9,12H,2,4,8,10-11,16H2,1H3. The van der Waals surface area contributed by atoms with Crippen molar-refractivity contribution in [1.82, 2.24) is 0 Å². The number of hydrogen-bond acceptors (Lipinski definition) is 3. The molecule has 2 rings (SSSR count). The molecule has 1 heterocycles. The van der Waals surface area contributed by atoms with Crippen LogP contribution < -0.4 is 15.2 Å². The normalized spacial score (nSPS) is 17.6. The minimum absolute atomic E-state index is 0.413. The molecule has 0 spiro atoms. The molecule has 0 aliphatic carbocycles. The average molecular weight is 245 g/mol. The molecule has 1 unspecified atom stereocenters. The first-order chi connectivity index (χ1) is 8.79. The van der Waals surface area contributed by atoms with Gasteiger partial charge in [-0.15, -0.1) is 0 Å². The molecule has 96 valence electrons. The summed E-state index contributed by atoms with van der Waals surface area (Å²) in [4.78, 5) is 0. The number of ether oxygens (including phenoxy) is 2. The summed E-state index contributed by atoms with van der Waals surface area (Å²) in [6, 6.07) is 5.84. The molecule has 18 heavy (non-hydrogen) atoms. The Morgan fingerprint density at radius 2 is 2.06 bits per heavy atom. The smallest absolute Gasteiger partial charge is 0.162 e. The van der Waals surface area contributed by atoms with Crippen molar-refractivity contribution in [2.75, 3.05) is 19.8 Å². The van der Waals surface area contributed by atoms with Crippen LogP contribution in [-0.2, 0) is 0 Å². The lowest BCUT2D eigenvalue weighted by atomic mass is 10.2. The molecule has 1 aliphatic heterocycles. The van der Waals surface area contributed by atoms with E-state index < -0.39 is 0 Å². The minimum Gasteiger partial charge on any atom is -0.489 e. The second kappa shape index (κ2) is 6.32. The molecule has 0 amide bonds. The number of fused-ring (bicyclic) bond motifs is 1. The summed E-state index contributed by atoms with van der Waals surface area (Å²) < 4.78 is 11.4. The third-order valence-corrected chi connectivity index (χ3v) is 2.73. The summed E-state index contributed by atoms with van der Waals surface area (Å²) in [6.45, 7) is 4.19. The Bertz CT molecular complexity index is 459. The van der Waals surface area contributed by atoms with Gasteiger partial charge in [-0.05, 0) is 31.2 Å². The van der Waals surface area contributed by atoms with E-state index in [-0.39, 0.29) is 0 Å². The topological polar surface area (TPSA) is 44.5 Å². The summed E-state index contributed by atoms with van der Waals surface area (Å²) in [5.41, 5.74) is 6.39.